The van der Waals surface area contributed by atoms with Gasteiger partial charge in [0.1, 0.15) is 0 Å². The molecule has 0 radical (unpaired) electrons. The Bertz CT molecular complexity index is 3100. The van der Waals surface area contributed by atoms with E-state index in [-0.39, 0.29) is 45.5 Å². The molecule has 4 aromatic rings. The molecule has 0 spiro atoms. The van der Waals surface area contributed by atoms with Crippen LogP contribution < -0.4 is 31.5 Å². The number of nitrogens with zero attached hydrogens (tertiary/aromatic N) is 6. The number of likely N-dealkylation sites (N-methyl/N-ethyl adjacent to an activating group) is 2. The number of ether oxygens (including phenoxy) is 2. The fraction of sp³-hybridized carbons (Fsp3) is 0.517. The fourth-order valence-electron chi connectivity index (χ4n) is 12.6. The lowest BCUT2D eigenvalue weighted by Crippen LogP contribution is -2.39. The molecule has 82 heavy (non-hydrogen) atoms. The summed E-state index contributed by atoms with van der Waals surface area (Å²) in [5.74, 6) is -0.641. The molecule has 0 aliphatic carbocycles. The monoisotopic (exact) mass is 1200 g/mol. The predicted octanol–water partition coefficient (Wildman–Crippen LogP) is 5.49. The van der Waals surface area contributed by atoms with Crippen molar-refractivity contribution in [2.24, 2.45) is 10.3 Å². The molecular formula is C58H76Cl2N12O8S2. The van der Waals surface area contributed by atoms with E-state index in [4.69, 9.17) is 43.0 Å². The molecule has 4 aliphatic heterocycles. The average Bonchev–Trinajstić information content (AvgIpc) is 2.18. The summed E-state index contributed by atoms with van der Waals surface area (Å²) in [6.07, 6.45) is 2.78. The summed E-state index contributed by atoms with van der Waals surface area (Å²) in [5, 5.41) is 43.9. The van der Waals surface area contributed by atoms with E-state index in [1.807, 2.05) is 52.2 Å². The minimum atomic E-state index is -4.06. The zero-order valence-electron chi connectivity index (χ0n) is 47.2. The average molecular weight is 1200 g/mol. The molecule has 0 saturated carbocycles. The Balaban J connectivity index is 0.686. The molecule has 8 N–H and O–H groups in total. The second kappa shape index (κ2) is 28.0. The van der Waals surface area contributed by atoms with E-state index in [2.05, 4.69) is 53.0 Å². The number of urea groups is 2. The Morgan fingerprint density at radius 3 is 1.37 bits per heavy atom. The normalized spacial score (nSPS) is 19.7. The number of rotatable bonds is 23. The van der Waals surface area contributed by atoms with Gasteiger partial charge in [-0.15, -0.1) is 0 Å². The van der Waals surface area contributed by atoms with Gasteiger partial charge in [-0.05, 0) is 171 Å². The molecule has 2 unspecified atom stereocenters. The summed E-state index contributed by atoms with van der Waals surface area (Å²) < 4.78 is 64.3. The molecule has 4 amide bonds. The number of hydrogen-bond donors (Lipinski definition) is 6. The lowest BCUT2D eigenvalue weighted by atomic mass is 9.77. The van der Waals surface area contributed by atoms with Gasteiger partial charge in [-0.2, -0.15) is 10.5 Å². The molecule has 4 aliphatic rings. The third-order valence-corrected chi connectivity index (χ3v) is 18.7. The molecular weight excluding hydrogens is 1130 g/mol. The molecule has 4 atom stereocenters. The van der Waals surface area contributed by atoms with Gasteiger partial charge in [0.2, 0.25) is 20.0 Å². The number of carbonyl (C=O) groups is 2. The lowest BCUT2D eigenvalue weighted by Gasteiger charge is -2.36. The van der Waals surface area contributed by atoms with Gasteiger partial charge in [0.25, 0.3) is 0 Å². The van der Waals surface area contributed by atoms with E-state index in [0.717, 1.165) is 81.6 Å². The first-order valence-corrected chi connectivity index (χ1v) is 31.8. The van der Waals surface area contributed by atoms with Gasteiger partial charge >= 0.3 is 12.1 Å². The molecule has 0 bridgehead atoms. The lowest BCUT2D eigenvalue weighted by molar-refractivity contribution is 0.113. The van der Waals surface area contributed by atoms with Crippen LogP contribution >= 0.6 is 23.2 Å². The number of sulfonamides is 2. The van der Waals surface area contributed by atoms with E-state index in [9.17, 15) is 36.9 Å². The van der Waals surface area contributed by atoms with Gasteiger partial charge in [0.15, 0.2) is 0 Å². The van der Waals surface area contributed by atoms with E-state index < -0.39 is 20.0 Å². The molecule has 24 heteroatoms. The Labute approximate surface area is 492 Å². The molecule has 20 nitrogen and oxygen atoms in total. The quantitative estimate of drug-likeness (QED) is 0.0501. The van der Waals surface area contributed by atoms with Crippen molar-refractivity contribution in [3.8, 4) is 12.1 Å². The summed E-state index contributed by atoms with van der Waals surface area (Å²) in [5.41, 5.74) is 9.89. The molecule has 4 heterocycles. The Kier molecular flexibility index (Phi) is 21.3. The number of aryl methyl sites for hydroxylation is 2. The van der Waals surface area contributed by atoms with Crippen molar-refractivity contribution in [3.63, 3.8) is 0 Å². The van der Waals surface area contributed by atoms with E-state index >= 15 is 0 Å². The fourth-order valence-corrected chi connectivity index (χ4v) is 14.7. The number of primary sulfonamides is 2. The number of carbonyl (C=O) groups excluding carboxylic acids is 2. The smallest absolute Gasteiger partial charge is 0.314 e. The summed E-state index contributed by atoms with van der Waals surface area (Å²) in [4.78, 5) is 33.9. The number of nitrogens with two attached hydrogens (primary N) is 2. The van der Waals surface area contributed by atoms with Gasteiger partial charge in [-0.25, -0.2) is 36.7 Å². The number of nitriles is 2. The molecule has 2 fully saturated rings. The highest BCUT2D eigenvalue weighted by Gasteiger charge is 2.39. The van der Waals surface area contributed by atoms with Crippen LogP contribution in [0.15, 0.2) is 58.3 Å². The van der Waals surface area contributed by atoms with Gasteiger partial charge in [-0.1, -0.05) is 35.3 Å². The number of benzene rings is 4. The largest absolute Gasteiger partial charge is 0.378 e. The van der Waals surface area contributed by atoms with Crippen LogP contribution in [0, 0.1) is 36.5 Å². The minimum Gasteiger partial charge on any atom is -0.378 e. The number of hydrogen-bond acceptors (Lipinski definition) is 14. The molecule has 2 saturated heterocycles. The van der Waals surface area contributed by atoms with Crippen molar-refractivity contribution in [2.75, 3.05) is 119 Å². The van der Waals surface area contributed by atoms with E-state index in [1.54, 1.807) is 24.3 Å². The standard InChI is InChI=1S/C58H76Cl2N12O8S2/c1-37-7-9-51(81(63,75)76)55(53(37)49-35-69(3)33-47-41(29-61)25-43(59)27-45(47)49)39-11-17-71(31-39)19-23-79-21-15-67-57(73)65-13-5-6-14-66-58(74)68-16-22-80-24-20-72-18-12-40(32-72)56-52(82(64,77)78)10-8-38(2)54(56)50-36-70(4)34-48-42(30-62)26-44(60)28-46(48)50/h7-10,25-28,39-40,49-50H,5-6,11-24,31-36H2,1-4H3,(H2,63,75,76)(H2,64,77,78)(H2,65,67,73)(H2,66,68,74)/t39-,40-,49?,50?/m1/s1. The highest BCUT2D eigenvalue weighted by Crippen LogP contribution is 2.46. The summed E-state index contributed by atoms with van der Waals surface area (Å²) in [6, 6.07) is 18.0. The predicted molar refractivity (Wildman–Crippen MR) is 315 cm³/mol. The minimum absolute atomic E-state index is 0.104. The van der Waals surface area contributed by atoms with Crippen LogP contribution in [0.2, 0.25) is 10.0 Å². The van der Waals surface area contributed by atoms with E-state index in [1.165, 1.54) is 0 Å². The van der Waals surface area contributed by atoms with Crippen molar-refractivity contribution in [1.29, 1.82) is 10.5 Å². The SMILES string of the molecule is Cc1ccc(S(N)(=O)=O)c([C@@H]2CCN(CCOCCNC(=O)NCCCCNC(=O)NCCOCCN3CC[C@@H](c4c(S(N)(=O)=O)ccc(C)c4C4CN(C)Cc5c(C#N)cc(Cl)cc54)C3)C2)c1C1CN(C)Cc2c(C#N)cc(Cl)cc21. The maximum absolute atomic E-state index is 13.1. The number of fused-ring (bicyclic) bond motifs is 2. The Morgan fingerprint density at radius 2 is 0.988 bits per heavy atom. The zero-order chi connectivity index (χ0) is 58.9. The van der Waals surface area contributed by atoms with Crippen molar-refractivity contribution in [3.05, 3.63) is 125 Å². The summed E-state index contributed by atoms with van der Waals surface area (Å²) in [6.45, 7) is 13.3. The van der Waals surface area contributed by atoms with Crippen LogP contribution in [0.3, 0.4) is 0 Å². The highest BCUT2D eigenvalue weighted by molar-refractivity contribution is 7.89. The second-order valence-electron chi connectivity index (χ2n) is 22.1. The Morgan fingerprint density at radius 1 is 0.598 bits per heavy atom. The van der Waals surface area contributed by atoms with Gasteiger partial charge in [0.05, 0.1) is 59.5 Å². The van der Waals surface area contributed by atoms with Crippen LogP contribution in [-0.4, -0.2) is 168 Å². The number of nitrogens with one attached hydrogen (secondary N) is 4. The van der Waals surface area contributed by atoms with Gasteiger partial charge in [0, 0.05) is 100 Å². The van der Waals surface area contributed by atoms with Crippen LogP contribution in [-0.2, 0) is 42.6 Å². The second-order valence-corrected chi connectivity index (χ2v) is 26.1. The maximum Gasteiger partial charge on any atom is 0.314 e. The summed E-state index contributed by atoms with van der Waals surface area (Å²) in [7, 11) is -4.14. The first-order chi connectivity index (χ1) is 39.1. The number of halogens is 2. The van der Waals surface area contributed by atoms with Crippen molar-refractivity contribution in [1.82, 2.24) is 40.9 Å². The first kappa shape index (κ1) is 62.6. The number of unbranched alkanes of at least 4 members (excludes halogenated alkanes) is 1. The molecule has 442 valence electrons. The van der Waals surface area contributed by atoms with E-state index in [0.29, 0.717) is 139 Å². The molecule has 4 aromatic carbocycles. The highest BCUT2D eigenvalue weighted by atomic mass is 35.5. The van der Waals surface area contributed by atoms with Crippen LogP contribution in [0.5, 0.6) is 0 Å². The number of amides is 4. The van der Waals surface area contributed by atoms with Gasteiger partial charge in [-0.3, -0.25) is 0 Å². The third-order valence-electron chi connectivity index (χ3n) is 16.3. The summed E-state index contributed by atoms with van der Waals surface area (Å²) >= 11 is 13.1. The van der Waals surface area contributed by atoms with Crippen LogP contribution in [0.25, 0.3) is 0 Å². The first-order valence-electron chi connectivity index (χ1n) is 27.9. The van der Waals surface area contributed by atoms with Crippen molar-refractivity contribution < 1.29 is 35.9 Å². The Hall–Kier alpha value is -5.44. The van der Waals surface area contributed by atoms with Crippen molar-refractivity contribution in [2.45, 2.75) is 86.1 Å². The topological polar surface area (TPSA) is 282 Å². The molecule has 0 aromatic heterocycles. The maximum atomic E-state index is 13.1. The zero-order valence-corrected chi connectivity index (χ0v) is 50.3. The number of likely N-dealkylation sites (tertiary alicyclic amines) is 2. The molecule has 8 rings (SSSR count). The third kappa shape index (κ3) is 15.5. The van der Waals surface area contributed by atoms with Gasteiger partial charge < -0.3 is 50.3 Å². The van der Waals surface area contributed by atoms with Crippen LogP contribution in [0.4, 0.5) is 9.59 Å². The van der Waals surface area contributed by atoms with Crippen molar-refractivity contribution >= 4 is 55.3 Å². The van der Waals surface area contributed by atoms with Crippen LogP contribution in [0.1, 0.15) is 116 Å².